The van der Waals surface area contributed by atoms with Gasteiger partial charge in [-0.25, -0.2) is 10.2 Å². The predicted molar refractivity (Wildman–Crippen MR) is 107 cm³/mol. The van der Waals surface area contributed by atoms with Crippen LogP contribution in [-0.2, 0) is 9.59 Å². The molecule has 2 aromatic rings. The molecule has 0 aliphatic rings. The Morgan fingerprint density at radius 2 is 1.82 bits per heavy atom. The van der Waals surface area contributed by atoms with Gasteiger partial charge in [-0.15, -0.1) is 0 Å². The van der Waals surface area contributed by atoms with Gasteiger partial charge in [-0.05, 0) is 43.2 Å². The minimum absolute atomic E-state index is 0.0730. The van der Waals surface area contributed by atoms with E-state index in [0.29, 0.717) is 24.2 Å². The summed E-state index contributed by atoms with van der Waals surface area (Å²) in [6, 6.07) is 12.1. The van der Waals surface area contributed by atoms with E-state index in [1.807, 2.05) is 38.1 Å². The Hall–Kier alpha value is -3.68. The van der Waals surface area contributed by atoms with Crippen molar-refractivity contribution in [1.82, 2.24) is 10.7 Å². The number of hydrazone groups is 1. The molecule has 2 aromatic carbocycles. The van der Waals surface area contributed by atoms with Crippen LogP contribution in [0.5, 0.6) is 0 Å². The Morgan fingerprint density at radius 3 is 2.50 bits per heavy atom. The fourth-order valence-corrected chi connectivity index (χ4v) is 2.30. The van der Waals surface area contributed by atoms with Crippen LogP contribution in [0.2, 0.25) is 0 Å². The van der Waals surface area contributed by atoms with E-state index in [9.17, 15) is 19.5 Å². The van der Waals surface area contributed by atoms with Crippen LogP contribution in [0.1, 0.15) is 34.8 Å². The van der Waals surface area contributed by atoms with Gasteiger partial charge in [0, 0.05) is 23.5 Å². The minimum Gasteiger partial charge on any atom is -0.478 e. The van der Waals surface area contributed by atoms with Crippen molar-refractivity contribution in [2.75, 3.05) is 11.9 Å². The van der Waals surface area contributed by atoms with Crippen molar-refractivity contribution < 1.29 is 19.5 Å². The predicted octanol–water partition coefficient (Wildman–Crippen LogP) is 2.41. The first-order valence-electron chi connectivity index (χ1n) is 8.73. The molecule has 0 aliphatic carbocycles. The second-order valence-corrected chi connectivity index (χ2v) is 6.00. The van der Waals surface area contributed by atoms with Crippen LogP contribution in [0.3, 0.4) is 0 Å². The highest BCUT2D eigenvalue weighted by Crippen LogP contribution is 2.23. The quantitative estimate of drug-likeness (QED) is 0.333. The van der Waals surface area contributed by atoms with E-state index < -0.39 is 17.8 Å². The first-order chi connectivity index (χ1) is 13.4. The Morgan fingerprint density at radius 1 is 1.07 bits per heavy atom. The molecule has 0 atom stereocenters. The second kappa shape index (κ2) is 9.86. The Bertz CT molecular complexity index is 909. The molecule has 0 saturated heterocycles. The molecule has 0 aliphatic heterocycles. The summed E-state index contributed by atoms with van der Waals surface area (Å²) in [7, 11) is 0. The smallest absolute Gasteiger partial charge is 0.335 e. The van der Waals surface area contributed by atoms with E-state index in [4.69, 9.17) is 0 Å². The summed E-state index contributed by atoms with van der Waals surface area (Å²) in [5.41, 5.74) is 5.11. The van der Waals surface area contributed by atoms with Crippen LogP contribution in [0.15, 0.2) is 47.6 Å². The van der Waals surface area contributed by atoms with Crippen LogP contribution in [0, 0.1) is 6.92 Å². The van der Waals surface area contributed by atoms with Crippen LogP contribution < -0.4 is 16.1 Å². The third-order valence-electron chi connectivity index (χ3n) is 3.82. The van der Waals surface area contributed by atoms with E-state index in [0.717, 1.165) is 11.3 Å². The number of hydrogen-bond donors (Lipinski definition) is 4. The number of carbonyl (C=O) groups excluding carboxylic acids is 2. The number of nitrogens with one attached hydrogen (secondary N) is 3. The third-order valence-corrected chi connectivity index (χ3v) is 3.82. The second-order valence-electron chi connectivity index (χ2n) is 6.00. The number of anilines is 2. The van der Waals surface area contributed by atoms with Crippen molar-refractivity contribution in [3.05, 3.63) is 59.2 Å². The maximum Gasteiger partial charge on any atom is 0.335 e. The van der Waals surface area contributed by atoms with E-state index >= 15 is 0 Å². The van der Waals surface area contributed by atoms with Crippen LogP contribution in [0.4, 0.5) is 11.4 Å². The zero-order valence-corrected chi connectivity index (χ0v) is 15.7. The summed E-state index contributed by atoms with van der Waals surface area (Å²) >= 11 is 0. The zero-order valence-electron chi connectivity index (χ0n) is 15.7. The summed E-state index contributed by atoms with van der Waals surface area (Å²) in [6.45, 7) is 4.20. The number of amides is 2. The molecule has 0 spiro atoms. The summed E-state index contributed by atoms with van der Waals surface area (Å²) in [5, 5.41) is 18.7. The van der Waals surface area contributed by atoms with Crippen molar-refractivity contribution in [3.63, 3.8) is 0 Å². The van der Waals surface area contributed by atoms with Crippen molar-refractivity contribution in [1.29, 1.82) is 0 Å². The molecule has 0 bridgehead atoms. The summed E-state index contributed by atoms with van der Waals surface area (Å²) in [5.74, 6) is -2.76. The van der Waals surface area contributed by atoms with Gasteiger partial charge >= 0.3 is 17.8 Å². The van der Waals surface area contributed by atoms with Crippen molar-refractivity contribution in [3.8, 4) is 0 Å². The summed E-state index contributed by atoms with van der Waals surface area (Å²) in [4.78, 5) is 34.5. The number of nitrogens with zero attached hydrogens (tertiary/aromatic N) is 1. The lowest BCUT2D eigenvalue weighted by Crippen LogP contribution is -2.38. The minimum atomic E-state index is -1.08. The number of carboxylic acid groups (broad SMARTS) is 1. The molecule has 0 saturated carbocycles. The highest BCUT2D eigenvalue weighted by Gasteiger charge is 2.12. The van der Waals surface area contributed by atoms with Gasteiger partial charge in [0.2, 0.25) is 0 Å². The fraction of sp³-hybridized carbons (Fsp3) is 0.200. The number of aromatic carboxylic acids is 1. The first kappa shape index (κ1) is 20.6. The van der Waals surface area contributed by atoms with Crippen molar-refractivity contribution in [2.45, 2.75) is 20.3 Å². The van der Waals surface area contributed by atoms with Crippen LogP contribution in [-0.4, -0.2) is 35.6 Å². The number of para-hydroxylation sites is 1. The Labute approximate surface area is 162 Å². The molecule has 8 heteroatoms. The summed E-state index contributed by atoms with van der Waals surface area (Å²) < 4.78 is 0. The third kappa shape index (κ3) is 5.66. The zero-order chi connectivity index (χ0) is 20.5. The molecular weight excluding hydrogens is 360 g/mol. The van der Waals surface area contributed by atoms with E-state index in [2.05, 4.69) is 21.2 Å². The number of aryl methyl sites for hydroxylation is 1. The van der Waals surface area contributed by atoms with Gasteiger partial charge in [-0.2, -0.15) is 5.10 Å². The highest BCUT2D eigenvalue weighted by atomic mass is 16.4. The lowest BCUT2D eigenvalue weighted by Gasteiger charge is -2.12. The molecule has 2 amide bonds. The molecule has 0 aromatic heterocycles. The lowest BCUT2D eigenvalue weighted by molar-refractivity contribution is -0.139. The SMILES string of the molecule is CCCNC(=O)C(=O)N/N=C\c1cc(C(=O)O)ccc1Nc1ccccc1C. The molecule has 0 fully saturated rings. The molecule has 4 N–H and O–H groups in total. The molecular formula is C20H22N4O4. The lowest BCUT2D eigenvalue weighted by atomic mass is 10.1. The topological polar surface area (TPSA) is 120 Å². The fourth-order valence-electron chi connectivity index (χ4n) is 2.30. The van der Waals surface area contributed by atoms with E-state index in [1.54, 1.807) is 6.07 Å². The number of carboxylic acids is 1. The number of hydrogen-bond acceptors (Lipinski definition) is 5. The molecule has 2 rings (SSSR count). The van der Waals surface area contributed by atoms with Gasteiger partial charge in [0.15, 0.2) is 0 Å². The van der Waals surface area contributed by atoms with Crippen LogP contribution >= 0.6 is 0 Å². The molecule has 8 nitrogen and oxygen atoms in total. The Balaban J connectivity index is 2.21. The van der Waals surface area contributed by atoms with Crippen molar-refractivity contribution >= 4 is 35.4 Å². The Kier molecular flexibility index (Phi) is 7.27. The van der Waals surface area contributed by atoms with Gasteiger partial charge < -0.3 is 15.7 Å². The van der Waals surface area contributed by atoms with Gasteiger partial charge in [0.25, 0.3) is 0 Å². The van der Waals surface area contributed by atoms with E-state index in [-0.39, 0.29) is 5.56 Å². The standard InChI is InChI=1S/C20H22N4O4/c1-3-10-21-18(25)19(26)24-22-12-15-11-14(20(27)28)8-9-17(15)23-16-7-5-4-6-13(16)2/h4-9,11-12,23H,3,10H2,1-2H3,(H,21,25)(H,24,26)(H,27,28)/b22-12-. The summed E-state index contributed by atoms with van der Waals surface area (Å²) in [6.07, 6.45) is 2.00. The highest BCUT2D eigenvalue weighted by molar-refractivity contribution is 6.35. The average Bonchev–Trinajstić information content (AvgIpc) is 2.68. The maximum absolute atomic E-state index is 11.7. The molecule has 0 radical (unpaired) electrons. The maximum atomic E-state index is 11.7. The van der Waals surface area contributed by atoms with E-state index in [1.165, 1.54) is 18.3 Å². The average molecular weight is 382 g/mol. The van der Waals surface area contributed by atoms with Crippen LogP contribution in [0.25, 0.3) is 0 Å². The van der Waals surface area contributed by atoms with Gasteiger partial charge in [0.05, 0.1) is 11.8 Å². The monoisotopic (exact) mass is 382 g/mol. The van der Waals surface area contributed by atoms with Gasteiger partial charge in [-0.1, -0.05) is 25.1 Å². The van der Waals surface area contributed by atoms with Gasteiger partial charge in [0.1, 0.15) is 0 Å². The van der Waals surface area contributed by atoms with Gasteiger partial charge in [-0.3, -0.25) is 9.59 Å². The number of carbonyl (C=O) groups is 3. The number of rotatable bonds is 7. The molecule has 28 heavy (non-hydrogen) atoms. The largest absolute Gasteiger partial charge is 0.478 e. The van der Waals surface area contributed by atoms with Crippen molar-refractivity contribution in [2.24, 2.45) is 5.10 Å². The first-order valence-corrected chi connectivity index (χ1v) is 8.73. The normalized spacial score (nSPS) is 10.5. The molecule has 0 heterocycles. The molecule has 146 valence electrons. The number of benzene rings is 2. The molecule has 0 unspecified atom stereocenters.